The van der Waals surface area contributed by atoms with E-state index in [1.54, 1.807) is 0 Å². The third-order valence-electron chi connectivity index (χ3n) is 5.10. The highest BCUT2D eigenvalue weighted by molar-refractivity contribution is 7.99. The molecule has 5 nitrogen and oxygen atoms in total. The molecule has 2 amide bonds. The standard InChI is InChI=1S/C20H29N3O2S/c24-19(8-4-7-17-5-2-1-3-6-17)22-10-12-23(13-11-22)20(25)15-18-16-26-14-9-21-18/h1-3,5-6,18,21H,4,7-16H2. The first-order valence-electron chi connectivity index (χ1n) is 9.63. The summed E-state index contributed by atoms with van der Waals surface area (Å²) < 4.78 is 0. The average molecular weight is 376 g/mol. The Labute approximate surface area is 160 Å². The van der Waals surface area contributed by atoms with E-state index in [0.717, 1.165) is 30.9 Å². The number of rotatable bonds is 6. The fourth-order valence-electron chi connectivity index (χ4n) is 3.54. The van der Waals surface area contributed by atoms with E-state index < -0.39 is 0 Å². The first-order valence-corrected chi connectivity index (χ1v) is 10.8. The summed E-state index contributed by atoms with van der Waals surface area (Å²) in [6, 6.07) is 10.6. The van der Waals surface area contributed by atoms with Crippen LogP contribution in [0.15, 0.2) is 30.3 Å². The second-order valence-electron chi connectivity index (χ2n) is 7.03. The van der Waals surface area contributed by atoms with Gasteiger partial charge < -0.3 is 15.1 Å². The normalized spacial score (nSPS) is 20.8. The third kappa shape index (κ3) is 5.74. The van der Waals surface area contributed by atoms with E-state index in [9.17, 15) is 9.59 Å². The fraction of sp³-hybridized carbons (Fsp3) is 0.600. The lowest BCUT2D eigenvalue weighted by atomic mass is 10.1. The van der Waals surface area contributed by atoms with Gasteiger partial charge in [-0.15, -0.1) is 0 Å². The second kappa shape index (κ2) is 9.97. The molecule has 2 fully saturated rings. The van der Waals surface area contributed by atoms with E-state index in [-0.39, 0.29) is 11.8 Å². The lowest BCUT2D eigenvalue weighted by molar-refractivity contribution is -0.139. The van der Waals surface area contributed by atoms with E-state index in [0.29, 0.717) is 45.1 Å². The van der Waals surface area contributed by atoms with Crippen molar-refractivity contribution in [1.29, 1.82) is 0 Å². The minimum Gasteiger partial charge on any atom is -0.339 e. The molecule has 0 bridgehead atoms. The summed E-state index contributed by atoms with van der Waals surface area (Å²) in [5, 5.41) is 3.42. The Morgan fingerprint density at radius 3 is 2.38 bits per heavy atom. The molecule has 1 aromatic carbocycles. The molecule has 0 saturated carbocycles. The highest BCUT2D eigenvalue weighted by Crippen LogP contribution is 2.13. The molecule has 0 aliphatic carbocycles. The minimum atomic E-state index is 0.221. The van der Waals surface area contributed by atoms with Crippen molar-refractivity contribution in [2.45, 2.75) is 31.7 Å². The first-order chi connectivity index (χ1) is 12.7. The Morgan fingerprint density at radius 2 is 1.73 bits per heavy atom. The number of thioether (sulfide) groups is 1. The third-order valence-corrected chi connectivity index (χ3v) is 6.23. The molecule has 0 aromatic heterocycles. The predicted octanol–water partition coefficient (Wildman–Crippen LogP) is 1.78. The monoisotopic (exact) mass is 375 g/mol. The van der Waals surface area contributed by atoms with Gasteiger partial charge in [0.15, 0.2) is 0 Å². The summed E-state index contributed by atoms with van der Waals surface area (Å²) in [4.78, 5) is 28.7. The van der Waals surface area contributed by atoms with Gasteiger partial charge in [-0.25, -0.2) is 0 Å². The lowest BCUT2D eigenvalue weighted by Crippen LogP contribution is -2.52. The number of carbonyl (C=O) groups excluding carboxylic acids is 2. The van der Waals surface area contributed by atoms with Gasteiger partial charge in [-0.3, -0.25) is 9.59 Å². The van der Waals surface area contributed by atoms with Crippen molar-refractivity contribution >= 4 is 23.6 Å². The number of hydrogen-bond donors (Lipinski definition) is 1. The molecule has 2 aliphatic heterocycles. The fourth-order valence-corrected chi connectivity index (χ4v) is 4.49. The number of nitrogens with one attached hydrogen (secondary N) is 1. The van der Waals surface area contributed by atoms with Gasteiger partial charge in [0.1, 0.15) is 0 Å². The second-order valence-corrected chi connectivity index (χ2v) is 8.18. The highest BCUT2D eigenvalue weighted by atomic mass is 32.2. The molecule has 3 rings (SSSR count). The molecule has 2 heterocycles. The van der Waals surface area contributed by atoms with Gasteiger partial charge >= 0.3 is 0 Å². The summed E-state index contributed by atoms with van der Waals surface area (Å²) in [6.45, 7) is 3.67. The lowest BCUT2D eigenvalue weighted by Gasteiger charge is -2.36. The molecule has 26 heavy (non-hydrogen) atoms. The van der Waals surface area contributed by atoms with Crippen LogP contribution in [0, 0.1) is 0 Å². The quantitative estimate of drug-likeness (QED) is 0.823. The molecule has 2 saturated heterocycles. The molecule has 0 radical (unpaired) electrons. The van der Waals surface area contributed by atoms with Gasteiger partial charge in [0.25, 0.3) is 0 Å². The Hall–Kier alpha value is -1.53. The van der Waals surface area contributed by atoms with E-state index in [1.165, 1.54) is 5.56 Å². The molecule has 1 unspecified atom stereocenters. The summed E-state index contributed by atoms with van der Waals surface area (Å²) in [5.41, 5.74) is 1.28. The van der Waals surface area contributed by atoms with Crippen molar-refractivity contribution in [3.63, 3.8) is 0 Å². The molecular formula is C20H29N3O2S. The SMILES string of the molecule is O=C(CCCc1ccccc1)N1CCN(C(=O)CC2CSCCN2)CC1. The summed E-state index contributed by atoms with van der Waals surface area (Å²) >= 11 is 1.92. The molecule has 142 valence electrons. The smallest absolute Gasteiger partial charge is 0.224 e. The Bertz CT molecular complexity index is 582. The predicted molar refractivity (Wildman–Crippen MR) is 106 cm³/mol. The zero-order valence-corrected chi connectivity index (χ0v) is 16.2. The number of amides is 2. The van der Waals surface area contributed by atoms with Crippen molar-refractivity contribution < 1.29 is 9.59 Å². The summed E-state index contributed by atoms with van der Waals surface area (Å²) in [6.07, 6.45) is 2.99. The van der Waals surface area contributed by atoms with E-state index in [1.807, 2.05) is 39.8 Å². The van der Waals surface area contributed by atoms with Crippen LogP contribution in [-0.4, -0.2) is 71.9 Å². The van der Waals surface area contributed by atoms with Crippen LogP contribution in [0.2, 0.25) is 0 Å². The Balaban J connectivity index is 1.34. The van der Waals surface area contributed by atoms with Gasteiger partial charge in [0.05, 0.1) is 0 Å². The van der Waals surface area contributed by atoms with Crippen molar-refractivity contribution in [3.8, 4) is 0 Å². The zero-order chi connectivity index (χ0) is 18.2. The van der Waals surface area contributed by atoms with Crippen molar-refractivity contribution in [3.05, 3.63) is 35.9 Å². The van der Waals surface area contributed by atoms with Gasteiger partial charge in [0.2, 0.25) is 11.8 Å². The molecule has 2 aliphatic rings. The Morgan fingerprint density at radius 1 is 1.04 bits per heavy atom. The van der Waals surface area contributed by atoms with Gasteiger partial charge in [-0.2, -0.15) is 11.8 Å². The zero-order valence-electron chi connectivity index (χ0n) is 15.4. The Kier molecular flexibility index (Phi) is 7.38. The van der Waals surface area contributed by atoms with Crippen LogP contribution < -0.4 is 5.32 Å². The highest BCUT2D eigenvalue weighted by Gasteiger charge is 2.26. The summed E-state index contributed by atoms with van der Waals surface area (Å²) in [5.74, 6) is 2.60. The van der Waals surface area contributed by atoms with Crippen LogP contribution in [0.25, 0.3) is 0 Å². The maximum atomic E-state index is 12.4. The van der Waals surface area contributed by atoms with Crippen molar-refractivity contribution in [2.75, 3.05) is 44.2 Å². The topological polar surface area (TPSA) is 52.7 Å². The number of nitrogens with zero attached hydrogens (tertiary/aromatic N) is 2. The maximum Gasteiger partial charge on any atom is 0.224 e. The number of hydrogen-bond acceptors (Lipinski definition) is 4. The van der Waals surface area contributed by atoms with Crippen LogP contribution in [-0.2, 0) is 16.0 Å². The molecule has 1 aromatic rings. The van der Waals surface area contributed by atoms with Crippen molar-refractivity contribution in [2.24, 2.45) is 0 Å². The van der Waals surface area contributed by atoms with Crippen LogP contribution in [0.1, 0.15) is 24.8 Å². The van der Waals surface area contributed by atoms with Gasteiger partial charge in [-0.05, 0) is 18.4 Å². The molecule has 1 N–H and O–H groups in total. The average Bonchev–Trinajstić information content (AvgIpc) is 2.69. The summed E-state index contributed by atoms with van der Waals surface area (Å²) in [7, 11) is 0. The van der Waals surface area contributed by atoms with Crippen LogP contribution in [0.3, 0.4) is 0 Å². The van der Waals surface area contributed by atoms with E-state index in [2.05, 4.69) is 17.4 Å². The van der Waals surface area contributed by atoms with Crippen LogP contribution in [0.4, 0.5) is 0 Å². The molecular weight excluding hydrogens is 346 g/mol. The van der Waals surface area contributed by atoms with Crippen LogP contribution in [0.5, 0.6) is 0 Å². The van der Waals surface area contributed by atoms with Crippen molar-refractivity contribution in [1.82, 2.24) is 15.1 Å². The number of benzene rings is 1. The van der Waals surface area contributed by atoms with Gasteiger partial charge in [0, 0.05) is 63.1 Å². The molecule has 0 spiro atoms. The maximum absolute atomic E-state index is 12.4. The number of piperazine rings is 1. The number of carbonyl (C=O) groups is 2. The van der Waals surface area contributed by atoms with Crippen LogP contribution >= 0.6 is 11.8 Å². The van der Waals surface area contributed by atoms with E-state index >= 15 is 0 Å². The largest absolute Gasteiger partial charge is 0.339 e. The molecule has 6 heteroatoms. The minimum absolute atomic E-state index is 0.221. The first kappa shape index (κ1) is 19.2. The number of aryl methyl sites for hydroxylation is 1. The molecule has 1 atom stereocenters. The van der Waals surface area contributed by atoms with E-state index in [4.69, 9.17) is 0 Å². The van der Waals surface area contributed by atoms with Gasteiger partial charge in [-0.1, -0.05) is 30.3 Å².